The number of thiophene rings is 1. The maximum Gasteiger partial charge on any atom is 0.262 e. The number of carbonyl (C=O) groups excluding carboxylic acids is 2. The zero-order valence-corrected chi connectivity index (χ0v) is 19.2. The molecule has 32 heavy (non-hydrogen) atoms. The smallest absolute Gasteiger partial charge is 0.262 e. The van der Waals surface area contributed by atoms with Crippen LogP contribution in [-0.4, -0.2) is 27.8 Å². The molecular formula is C24H24N4O2S2. The number of nitrogens with zero attached hydrogens (tertiary/aromatic N) is 1. The van der Waals surface area contributed by atoms with Crippen LogP contribution in [0.5, 0.6) is 0 Å². The Kier molecular flexibility index (Phi) is 6.05. The van der Waals surface area contributed by atoms with Gasteiger partial charge in [-0.2, -0.15) is 0 Å². The van der Waals surface area contributed by atoms with Crippen LogP contribution in [0.3, 0.4) is 0 Å². The van der Waals surface area contributed by atoms with Crippen molar-refractivity contribution in [3.05, 3.63) is 69.0 Å². The van der Waals surface area contributed by atoms with Gasteiger partial charge in [-0.05, 0) is 48.8 Å². The van der Waals surface area contributed by atoms with E-state index < -0.39 is 6.04 Å². The third-order valence-corrected chi connectivity index (χ3v) is 7.73. The van der Waals surface area contributed by atoms with Gasteiger partial charge in [0.1, 0.15) is 6.04 Å². The molecule has 0 aliphatic heterocycles. The summed E-state index contributed by atoms with van der Waals surface area (Å²) in [4.78, 5) is 35.8. The van der Waals surface area contributed by atoms with E-state index in [1.807, 2.05) is 41.9 Å². The quantitative estimate of drug-likeness (QED) is 0.354. The Bertz CT molecular complexity index is 1220. The van der Waals surface area contributed by atoms with Crippen molar-refractivity contribution in [2.75, 3.05) is 5.32 Å². The molecule has 1 aromatic carbocycles. The number of para-hydroxylation sites is 1. The van der Waals surface area contributed by atoms with Gasteiger partial charge in [-0.1, -0.05) is 30.7 Å². The average Bonchev–Trinajstić information content (AvgIpc) is 3.52. The lowest BCUT2D eigenvalue weighted by Gasteiger charge is -2.17. The predicted octanol–water partition coefficient (Wildman–Crippen LogP) is 4.93. The van der Waals surface area contributed by atoms with Gasteiger partial charge < -0.3 is 15.6 Å². The maximum atomic E-state index is 13.3. The van der Waals surface area contributed by atoms with Crippen molar-refractivity contribution in [3.63, 3.8) is 0 Å². The Labute approximate surface area is 194 Å². The topological polar surface area (TPSA) is 86.9 Å². The Morgan fingerprint density at radius 1 is 1.09 bits per heavy atom. The minimum Gasteiger partial charge on any atom is -0.361 e. The monoisotopic (exact) mass is 464 g/mol. The van der Waals surface area contributed by atoms with E-state index >= 15 is 0 Å². The number of hydrogen-bond acceptors (Lipinski definition) is 5. The van der Waals surface area contributed by atoms with Crippen LogP contribution in [0.15, 0.2) is 48.0 Å². The van der Waals surface area contributed by atoms with Gasteiger partial charge in [-0.25, -0.2) is 4.98 Å². The van der Waals surface area contributed by atoms with Crippen LogP contribution in [0.1, 0.15) is 45.1 Å². The van der Waals surface area contributed by atoms with E-state index in [1.165, 1.54) is 29.1 Å². The number of nitrogens with one attached hydrogen (secondary N) is 3. The van der Waals surface area contributed by atoms with Crippen LogP contribution in [0, 0.1) is 0 Å². The van der Waals surface area contributed by atoms with E-state index in [0.29, 0.717) is 16.4 Å². The number of amides is 2. The van der Waals surface area contributed by atoms with Crippen LogP contribution >= 0.6 is 22.7 Å². The molecule has 5 rings (SSSR count). The Morgan fingerprint density at radius 2 is 1.97 bits per heavy atom. The predicted molar refractivity (Wildman–Crippen MR) is 130 cm³/mol. The zero-order valence-electron chi connectivity index (χ0n) is 17.5. The van der Waals surface area contributed by atoms with Gasteiger partial charge in [0, 0.05) is 28.4 Å². The van der Waals surface area contributed by atoms with Crippen LogP contribution in [0.2, 0.25) is 0 Å². The summed E-state index contributed by atoms with van der Waals surface area (Å²) in [5, 5.41) is 9.44. The first-order valence-electron chi connectivity index (χ1n) is 10.9. The number of anilines is 1. The Balaban J connectivity index is 1.38. The highest BCUT2D eigenvalue weighted by atomic mass is 32.1. The van der Waals surface area contributed by atoms with Crippen molar-refractivity contribution in [3.8, 4) is 0 Å². The molecule has 0 radical (unpaired) electrons. The number of H-pyrrole nitrogens is 1. The second kappa shape index (κ2) is 9.26. The Hall–Kier alpha value is -2.97. The van der Waals surface area contributed by atoms with Crippen LogP contribution < -0.4 is 10.6 Å². The molecule has 0 bridgehead atoms. The van der Waals surface area contributed by atoms with Crippen molar-refractivity contribution in [1.82, 2.24) is 15.3 Å². The summed E-state index contributed by atoms with van der Waals surface area (Å²) in [6.07, 6.45) is 7.83. The second-order valence-corrected chi connectivity index (χ2v) is 10.0. The van der Waals surface area contributed by atoms with Crippen molar-refractivity contribution >= 4 is 50.5 Å². The van der Waals surface area contributed by atoms with Crippen molar-refractivity contribution < 1.29 is 9.59 Å². The summed E-state index contributed by atoms with van der Waals surface area (Å²) in [6, 6.07) is 10.8. The lowest BCUT2D eigenvalue weighted by atomic mass is 10.0. The minimum absolute atomic E-state index is 0.241. The maximum absolute atomic E-state index is 13.3. The molecular weight excluding hydrogens is 440 g/mol. The fraction of sp³-hybridized carbons (Fsp3) is 0.292. The molecule has 1 aliphatic rings. The standard InChI is InChI=1S/C24H24N4O2S2/c29-22(28-24-27-18-9-2-1-3-10-20(18)32-24)19(26-23(30)21-11-6-12-31-21)13-15-14-25-17-8-5-4-7-16(15)17/h4-8,11-12,14,19,25H,1-3,9-10,13H2,(H,26,30)(H,27,28,29). The van der Waals surface area contributed by atoms with E-state index in [4.69, 9.17) is 0 Å². The molecule has 0 fully saturated rings. The fourth-order valence-electron chi connectivity index (χ4n) is 4.14. The first-order valence-corrected chi connectivity index (χ1v) is 12.6. The zero-order chi connectivity index (χ0) is 21.9. The molecule has 8 heteroatoms. The van der Waals surface area contributed by atoms with Gasteiger partial charge in [0.05, 0.1) is 10.6 Å². The highest BCUT2D eigenvalue weighted by Crippen LogP contribution is 2.29. The summed E-state index contributed by atoms with van der Waals surface area (Å²) in [6.45, 7) is 0. The largest absolute Gasteiger partial charge is 0.361 e. The number of aryl methyl sites for hydroxylation is 2. The lowest BCUT2D eigenvalue weighted by molar-refractivity contribution is -0.118. The third kappa shape index (κ3) is 4.47. The van der Waals surface area contributed by atoms with Crippen molar-refractivity contribution in [2.45, 2.75) is 44.6 Å². The molecule has 3 aromatic heterocycles. The molecule has 2 amide bonds. The SMILES string of the molecule is O=C(NC(Cc1c[nH]c2ccccc12)C(=O)Nc1nc2c(s1)CCCCC2)c1cccs1. The molecule has 6 nitrogen and oxygen atoms in total. The molecule has 164 valence electrons. The van der Waals surface area contributed by atoms with Gasteiger partial charge in [-0.3, -0.25) is 9.59 Å². The van der Waals surface area contributed by atoms with E-state index in [-0.39, 0.29) is 11.8 Å². The van der Waals surface area contributed by atoms with E-state index in [9.17, 15) is 9.59 Å². The molecule has 1 aliphatic carbocycles. The summed E-state index contributed by atoms with van der Waals surface area (Å²) in [7, 11) is 0. The first-order chi connectivity index (χ1) is 15.7. The third-order valence-electron chi connectivity index (χ3n) is 5.79. The van der Waals surface area contributed by atoms with E-state index in [1.54, 1.807) is 17.4 Å². The number of carbonyl (C=O) groups is 2. The van der Waals surface area contributed by atoms with E-state index in [0.717, 1.165) is 41.4 Å². The average molecular weight is 465 g/mol. The number of thiazole rings is 1. The summed E-state index contributed by atoms with van der Waals surface area (Å²) in [5.74, 6) is -0.487. The summed E-state index contributed by atoms with van der Waals surface area (Å²) in [5.41, 5.74) is 3.11. The summed E-state index contributed by atoms with van der Waals surface area (Å²) < 4.78 is 0. The first kappa shape index (κ1) is 20.9. The van der Waals surface area contributed by atoms with Gasteiger partial charge >= 0.3 is 0 Å². The van der Waals surface area contributed by atoms with Crippen molar-refractivity contribution in [1.29, 1.82) is 0 Å². The molecule has 0 saturated heterocycles. The Morgan fingerprint density at radius 3 is 2.84 bits per heavy atom. The van der Waals surface area contributed by atoms with Gasteiger partial charge in [0.2, 0.25) is 5.91 Å². The summed E-state index contributed by atoms with van der Waals surface area (Å²) >= 11 is 2.92. The highest BCUT2D eigenvalue weighted by molar-refractivity contribution is 7.15. The molecule has 3 N–H and O–H groups in total. The number of hydrogen-bond donors (Lipinski definition) is 3. The van der Waals surface area contributed by atoms with Crippen LogP contribution in [0.4, 0.5) is 5.13 Å². The van der Waals surface area contributed by atoms with Crippen molar-refractivity contribution in [2.24, 2.45) is 0 Å². The molecule has 4 aromatic rings. The fourth-order valence-corrected chi connectivity index (χ4v) is 5.82. The van der Waals surface area contributed by atoms with Gasteiger partial charge in [-0.15, -0.1) is 22.7 Å². The molecule has 0 spiro atoms. The molecule has 1 atom stereocenters. The number of aromatic amines is 1. The van der Waals surface area contributed by atoms with Gasteiger partial charge in [0.15, 0.2) is 5.13 Å². The number of benzene rings is 1. The number of fused-ring (bicyclic) bond motifs is 2. The minimum atomic E-state index is -0.715. The lowest BCUT2D eigenvalue weighted by Crippen LogP contribution is -2.45. The van der Waals surface area contributed by atoms with Crippen LogP contribution in [-0.2, 0) is 24.1 Å². The highest BCUT2D eigenvalue weighted by Gasteiger charge is 2.25. The number of rotatable bonds is 6. The second-order valence-electron chi connectivity index (χ2n) is 8.01. The molecule has 0 saturated carbocycles. The molecule has 1 unspecified atom stereocenters. The normalized spacial score (nSPS) is 14.5. The van der Waals surface area contributed by atoms with E-state index in [2.05, 4.69) is 20.6 Å². The van der Waals surface area contributed by atoms with Gasteiger partial charge in [0.25, 0.3) is 5.91 Å². The van der Waals surface area contributed by atoms with Crippen LogP contribution in [0.25, 0.3) is 10.9 Å². The number of aromatic nitrogens is 2. The molecule has 3 heterocycles.